The predicted octanol–water partition coefficient (Wildman–Crippen LogP) is 3.16. The number of aromatic nitrogens is 1. The molecule has 0 aliphatic carbocycles. The Kier molecular flexibility index (Phi) is 4.56. The lowest BCUT2D eigenvalue weighted by Gasteiger charge is -2.41. The first-order chi connectivity index (χ1) is 12.1. The second-order valence-electron chi connectivity index (χ2n) is 6.45. The van der Waals surface area contributed by atoms with Gasteiger partial charge in [0.05, 0.1) is 11.5 Å². The minimum atomic E-state index is -2.33. The van der Waals surface area contributed by atoms with Gasteiger partial charge in [-0.15, -0.1) is 0 Å². The standard InChI is InChI=1S/C18H22N2O4S/c21-25(22)10-8-20(9-11-25)12-14-3-5-15(6-4-14)17-13-23-16-2-1-7-19-18(16)24-17/h1-7,17,21-22H,8-13H2. The van der Waals surface area contributed by atoms with Crippen LogP contribution in [0.2, 0.25) is 0 Å². The fraction of sp³-hybridized carbons (Fsp3) is 0.389. The van der Waals surface area contributed by atoms with Gasteiger partial charge >= 0.3 is 0 Å². The van der Waals surface area contributed by atoms with E-state index in [0.29, 0.717) is 29.7 Å². The Morgan fingerprint density at radius 1 is 1.12 bits per heavy atom. The van der Waals surface area contributed by atoms with E-state index in [1.165, 1.54) is 5.56 Å². The van der Waals surface area contributed by atoms with E-state index in [1.54, 1.807) is 6.20 Å². The van der Waals surface area contributed by atoms with Gasteiger partial charge in [-0.1, -0.05) is 24.3 Å². The van der Waals surface area contributed by atoms with Gasteiger partial charge in [-0.05, 0) is 23.3 Å². The summed E-state index contributed by atoms with van der Waals surface area (Å²) in [5.74, 6) is 2.18. The van der Waals surface area contributed by atoms with Crippen molar-refractivity contribution >= 4 is 10.6 Å². The summed E-state index contributed by atoms with van der Waals surface area (Å²) in [5.41, 5.74) is 2.27. The highest BCUT2D eigenvalue weighted by molar-refractivity contribution is 8.24. The number of benzene rings is 1. The third-order valence-electron chi connectivity index (χ3n) is 4.61. The number of hydrogen-bond acceptors (Lipinski definition) is 6. The first-order valence-electron chi connectivity index (χ1n) is 8.38. The lowest BCUT2D eigenvalue weighted by Crippen LogP contribution is -2.37. The van der Waals surface area contributed by atoms with Crippen LogP contribution in [0.25, 0.3) is 0 Å². The number of nitrogens with zero attached hydrogens (tertiary/aromatic N) is 2. The molecule has 3 heterocycles. The zero-order chi connectivity index (χ0) is 17.3. The fourth-order valence-electron chi connectivity index (χ4n) is 3.09. The molecule has 2 aliphatic heterocycles. The molecular weight excluding hydrogens is 340 g/mol. The maximum atomic E-state index is 9.69. The summed E-state index contributed by atoms with van der Waals surface area (Å²) in [5, 5.41) is 0. The first-order valence-corrected chi connectivity index (χ1v) is 10.3. The largest absolute Gasteiger partial charge is 0.484 e. The van der Waals surface area contributed by atoms with Crippen molar-refractivity contribution in [2.45, 2.75) is 12.6 Å². The Morgan fingerprint density at radius 3 is 2.64 bits per heavy atom. The molecule has 2 aliphatic rings. The van der Waals surface area contributed by atoms with Gasteiger partial charge in [-0.3, -0.25) is 14.0 Å². The van der Waals surface area contributed by atoms with E-state index in [-0.39, 0.29) is 6.10 Å². The van der Waals surface area contributed by atoms with Crippen LogP contribution in [0.4, 0.5) is 0 Å². The second-order valence-corrected chi connectivity index (χ2v) is 8.87. The van der Waals surface area contributed by atoms with Crippen LogP contribution in [0.1, 0.15) is 17.2 Å². The van der Waals surface area contributed by atoms with Crippen LogP contribution < -0.4 is 9.47 Å². The number of hydrogen-bond donors (Lipinski definition) is 2. The zero-order valence-electron chi connectivity index (χ0n) is 13.9. The molecule has 134 valence electrons. The van der Waals surface area contributed by atoms with Crippen molar-refractivity contribution < 1.29 is 18.6 Å². The van der Waals surface area contributed by atoms with Crippen molar-refractivity contribution in [3.63, 3.8) is 0 Å². The summed E-state index contributed by atoms with van der Waals surface area (Å²) in [7, 11) is -2.33. The smallest absolute Gasteiger partial charge is 0.257 e. The van der Waals surface area contributed by atoms with Crippen LogP contribution in [-0.2, 0) is 6.54 Å². The minimum absolute atomic E-state index is 0.153. The molecule has 1 aromatic carbocycles. The number of pyridine rings is 1. The third kappa shape index (κ3) is 3.90. The molecule has 0 bridgehead atoms. The van der Waals surface area contributed by atoms with Crippen molar-refractivity contribution in [1.82, 2.24) is 9.88 Å². The van der Waals surface area contributed by atoms with Crippen molar-refractivity contribution in [3.05, 3.63) is 53.7 Å². The summed E-state index contributed by atoms with van der Waals surface area (Å²) in [4.78, 5) is 6.47. The quantitative estimate of drug-likeness (QED) is 0.874. The predicted molar refractivity (Wildman–Crippen MR) is 97.4 cm³/mol. The molecule has 0 spiro atoms. The Labute approximate surface area is 148 Å². The molecule has 1 aromatic heterocycles. The van der Waals surface area contributed by atoms with Gasteiger partial charge < -0.3 is 9.47 Å². The Morgan fingerprint density at radius 2 is 1.88 bits per heavy atom. The van der Waals surface area contributed by atoms with E-state index >= 15 is 0 Å². The number of fused-ring (bicyclic) bond motifs is 1. The molecule has 0 amide bonds. The molecule has 0 radical (unpaired) electrons. The summed E-state index contributed by atoms with van der Waals surface area (Å²) < 4.78 is 31.0. The Hall–Kier alpha value is -1.80. The summed E-state index contributed by atoms with van der Waals surface area (Å²) >= 11 is 0. The molecule has 1 atom stereocenters. The molecule has 1 unspecified atom stereocenters. The highest BCUT2D eigenvalue weighted by atomic mass is 32.3. The monoisotopic (exact) mass is 362 g/mol. The van der Waals surface area contributed by atoms with E-state index in [1.807, 2.05) is 12.1 Å². The molecule has 2 N–H and O–H groups in total. The number of ether oxygens (including phenoxy) is 2. The molecule has 7 heteroatoms. The molecule has 4 rings (SSSR count). The van der Waals surface area contributed by atoms with Crippen LogP contribution in [0.5, 0.6) is 11.6 Å². The second kappa shape index (κ2) is 6.84. The summed E-state index contributed by atoms with van der Waals surface area (Å²) in [6.45, 7) is 2.75. The maximum Gasteiger partial charge on any atom is 0.257 e. The van der Waals surface area contributed by atoms with E-state index < -0.39 is 10.6 Å². The molecule has 0 saturated carbocycles. The molecular formula is C18H22N2O4S. The Bertz CT molecular complexity index is 728. The van der Waals surface area contributed by atoms with Gasteiger partial charge in [-0.25, -0.2) is 4.98 Å². The molecule has 6 nitrogen and oxygen atoms in total. The molecule has 1 fully saturated rings. The van der Waals surface area contributed by atoms with Crippen LogP contribution in [-0.4, -0.2) is 50.2 Å². The van der Waals surface area contributed by atoms with Gasteiger partial charge in [0.1, 0.15) is 6.61 Å². The fourth-order valence-corrected chi connectivity index (χ4v) is 4.40. The van der Waals surface area contributed by atoms with Gasteiger partial charge in [0.2, 0.25) is 0 Å². The zero-order valence-corrected chi connectivity index (χ0v) is 14.7. The van der Waals surface area contributed by atoms with Gasteiger partial charge in [0.25, 0.3) is 5.88 Å². The summed E-state index contributed by atoms with van der Waals surface area (Å²) in [6, 6.07) is 12.0. The normalized spacial score (nSPS) is 23.8. The first kappa shape index (κ1) is 16.7. The lowest BCUT2D eigenvalue weighted by molar-refractivity contribution is 0.0851. The molecule has 25 heavy (non-hydrogen) atoms. The maximum absolute atomic E-state index is 9.69. The van der Waals surface area contributed by atoms with E-state index in [2.05, 4.69) is 34.1 Å². The highest BCUT2D eigenvalue weighted by Crippen LogP contribution is 2.40. The highest BCUT2D eigenvalue weighted by Gasteiger charge is 2.24. The van der Waals surface area contributed by atoms with E-state index in [9.17, 15) is 9.11 Å². The topological polar surface area (TPSA) is 75.1 Å². The van der Waals surface area contributed by atoms with Gasteiger partial charge in [0.15, 0.2) is 11.9 Å². The summed E-state index contributed by atoms with van der Waals surface area (Å²) in [6.07, 6.45) is 1.54. The van der Waals surface area contributed by atoms with Crippen molar-refractivity contribution in [1.29, 1.82) is 0 Å². The average Bonchev–Trinajstić information content (AvgIpc) is 2.64. The van der Waals surface area contributed by atoms with Crippen molar-refractivity contribution in [2.24, 2.45) is 0 Å². The van der Waals surface area contributed by atoms with Gasteiger partial charge in [0, 0.05) is 25.8 Å². The van der Waals surface area contributed by atoms with Crippen molar-refractivity contribution in [2.75, 3.05) is 31.2 Å². The van der Waals surface area contributed by atoms with E-state index in [4.69, 9.17) is 9.47 Å². The lowest BCUT2D eigenvalue weighted by atomic mass is 10.1. The number of rotatable bonds is 3. The van der Waals surface area contributed by atoms with Crippen LogP contribution >= 0.6 is 10.6 Å². The third-order valence-corrected chi connectivity index (χ3v) is 6.28. The Balaban J connectivity index is 1.38. The van der Waals surface area contributed by atoms with Crippen molar-refractivity contribution in [3.8, 4) is 11.6 Å². The van der Waals surface area contributed by atoms with Crippen LogP contribution in [0.15, 0.2) is 42.6 Å². The van der Waals surface area contributed by atoms with Crippen LogP contribution in [0.3, 0.4) is 0 Å². The molecule has 1 saturated heterocycles. The average molecular weight is 362 g/mol. The SMILES string of the molecule is OS1(O)CCN(Cc2ccc(C3COc4cccnc4O3)cc2)CC1. The minimum Gasteiger partial charge on any atom is -0.484 e. The van der Waals surface area contributed by atoms with Gasteiger partial charge in [-0.2, -0.15) is 10.6 Å². The van der Waals surface area contributed by atoms with E-state index in [0.717, 1.165) is 25.2 Å². The molecule has 2 aromatic rings. The van der Waals surface area contributed by atoms with Crippen LogP contribution in [0, 0.1) is 0 Å².